The van der Waals surface area contributed by atoms with Crippen LogP contribution in [0.15, 0.2) is 48.0 Å². The van der Waals surface area contributed by atoms with Crippen molar-refractivity contribution in [2.24, 2.45) is 0 Å². The summed E-state index contributed by atoms with van der Waals surface area (Å²) in [5.74, 6) is -0.0399. The van der Waals surface area contributed by atoms with Crippen molar-refractivity contribution in [1.29, 1.82) is 5.26 Å². The van der Waals surface area contributed by atoms with E-state index in [4.69, 9.17) is 11.6 Å². The van der Waals surface area contributed by atoms with E-state index >= 15 is 0 Å². The topological polar surface area (TPSA) is 56.1 Å². The van der Waals surface area contributed by atoms with Gasteiger partial charge in [-0.05, 0) is 67.5 Å². The molecule has 0 saturated heterocycles. The fourth-order valence-electron chi connectivity index (χ4n) is 4.46. The fraction of sp³-hybridized carbons (Fsp3) is 0.385. The van der Waals surface area contributed by atoms with Gasteiger partial charge in [0.05, 0.1) is 0 Å². The van der Waals surface area contributed by atoms with Crippen LogP contribution in [-0.4, -0.2) is 18.0 Å². The standard InChI is InChI=1S/C26H30ClN3O/c1-5-11-30-24-14-23(27)20(13-22(24)18(2)15-26(30,3)4)12-21(16-28)25(31)29-17-19-9-7-6-8-10-19/h6-10,12-14,18H,5,11,15,17H2,1-4H3,(H,29,31)/b21-12+. The number of nitrogens with one attached hydrogen (secondary N) is 1. The molecule has 1 atom stereocenters. The van der Waals surface area contributed by atoms with Crippen molar-refractivity contribution in [3.05, 3.63) is 69.8 Å². The minimum Gasteiger partial charge on any atom is -0.366 e. The van der Waals surface area contributed by atoms with E-state index in [1.54, 1.807) is 6.08 Å². The molecule has 31 heavy (non-hydrogen) atoms. The third kappa shape index (κ3) is 5.11. The molecule has 0 fully saturated rings. The van der Waals surface area contributed by atoms with Crippen LogP contribution >= 0.6 is 11.6 Å². The Kier molecular flexibility index (Phi) is 7.08. The van der Waals surface area contributed by atoms with Crippen LogP contribution in [0.25, 0.3) is 6.08 Å². The van der Waals surface area contributed by atoms with E-state index in [0.717, 1.165) is 30.6 Å². The molecule has 0 spiro atoms. The monoisotopic (exact) mass is 435 g/mol. The van der Waals surface area contributed by atoms with E-state index in [-0.39, 0.29) is 11.1 Å². The van der Waals surface area contributed by atoms with E-state index in [0.29, 0.717) is 23.0 Å². The molecule has 0 radical (unpaired) electrons. The molecule has 1 N–H and O–H groups in total. The first-order valence-electron chi connectivity index (χ1n) is 10.8. The largest absolute Gasteiger partial charge is 0.366 e. The number of carbonyl (C=O) groups is 1. The number of hydrogen-bond acceptors (Lipinski definition) is 3. The maximum atomic E-state index is 12.6. The Hall–Kier alpha value is -2.77. The van der Waals surface area contributed by atoms with E-state index in [9.17, 15) is 10.1 Å². The maximum Gasteiger partial charge on any atom is 0.262 e. The molecule has 1 amide bonds. The van der Waals surface area contributed by atoms with Crippen LogP contribution in [0.3, 0.4) is 0 Å². The Morgan fingerprint density at radius 2 is 2.03 bits per heavy atom. The van der Waals surface area contributed by atoms with Gasteiger partial charge in [-0.1, -0.05) is 55.8 Å². The van der Waals surface area contributed by atoms with Crippen molar-refractivity contribution >= 4 is 29.3 Å². The van der Waals surface area contributed by atoms with Crippen LogP contribution in [0.1, 0.15) is 63.1 Å². The van der Waals surface area contributed by atoms with Gasteiger partial charge < -0.3 is 10.2 Å². The van der Waals surface area contributed by atoms with Gasteiger partial charge in [-0.25, -0.2) is 0 Å². The summed E-state index contributed by atoms with van der Waals surface area (Å²) in [6.07, 6.45) is 3.68. The zero-order valence-electron chi connectivity index (χ0n) is 18.7. The highest BCUT2D eigenvalue weighted by molar-refractivity contribution is 6.32. The summed E-state index contributed by atoms with van der Waals surface area (Å²) < 4.78 is 0. The summed E-state index contributed by atoms with van der Waals surface area (Å²) in [5, 5.41) is 13.0. The molecule has 1 aliphatic heterocycles. The van der Waals surface area contributed by atoms with Crippen LogP contribution in [0.5, 0.6) is 0 Å². The molecule has 162 valence electrons. The Morgan fingerprint density at radius 1 is 1.32 bits per heavy atom. The molecule has 0 aliphatic carbocycles. The molecule has 5 heteroatoms. The summed E-state index contributed by atoms with van der Waals surface area (Å²) in [6, 6.07) is 15.7. The molecule has 2 aromatic carbocycles. The lowest BCUT2D eigenvalue weighted by atomic mass is 9.79. The van der Waals surface area contributed by atoms with Crippen LogP contribution < -0.4 is 10.2 Å². The van der Waals surface area contributed by atoms with Gasteiger partial charge in [-0.15, -0.1) is 0 Å². The molecule has 0 bridgehead atoms. The number of amides is 1. The van der Waals surface area contributed by atoms with Crippen molar-refractivity contribution in [2.75, 3.05) is 11.4 Å². The smallest absolute Gasteiger partial charge is 0.262 e. The predicted molar refractivity (Wildman–Crippen MR) is 128 cm³/mol. The molecule has 1 aliphatic rings. The summed E-state index contributed by atoms with van der Waals surface area (Å²) in [6.45, 7) is 10.3. The highest BCUT2D eigenvalue weighted by Crippen LogP contribution is 2.45. The second-order valence-corrected chi connectivity index (χ2v) is 9.25. The minimum absolute atomic E-state index is 0.0481. The first-order valence-corrected chi connectivity index (χ1v) is 11.2. The summed E-state index contributed by atoms with van der Waals surface area (Å²) in [4.78, 5) is 15.0. The van der Waals surface area contributed by atoms with Gasteiger partial charge in [0.2, 0.25) is 0 Å². The molecule has 2 aromatic rings. The Labute approximate surface area is 190 Å². The van der Waals surface area contributed by atoms with Crippen LogP contribution in [-0.2, 0) is 11.3 Å². The highest BCUT2D eigenvalue weighted by Gasteiger charge is 2.36. The van der Waals surface area contributed by atoms with Gasteiger partial charge in [0, 0.05) is 29.3 Å². The molecular formula is C26H30ClN3O. The molecule has 0 aromatic heterocycles. The number of halogens is 1. The number of carbonyl (C=O) groups excluding carboxylic acids is 1. The van der Waals surface area contributed by atoms with Crippen molar-refractivity contribution in [3.63, 3.8) is 0 Å². The van der Waals surface area contributed by atoms with Crippen molar-refractivity contribution < 1.29 is 4.79 Å². The maximum absolute atomic E-state index is 12.6. The summed E-state index contributed by atoms with van der Waals surface area (Å²) in [5.41, 5.74) is 4.15. The zero-order valence-corrected chi connectivity index (χ0v) is 19.5. The third-order valence-electron chi connectivity index (χ3n) is 5.91. The molecule has 0 saturated carbocycles. The van der Waals surface area contributed by atoms with Gasteiger partial charge in [0.25, 0.3) is 5.91 Å². The molecule has 1 unspecified atom stereocenters. The quantitative estimate of drug-likeness (QED) is 0.442. The lowest BCUT2D eigenvalue weighted by molar-refractivity contribution is -0.117. The van der Waals surface area contributed by atoms with Crippen molar-refractivity contribution in [2.45, 2.75) is 58.5 Å². The Balaban J connectivity index is 1.90. The summed E-state index contributed by atoms with van der Waals surface area (Å²) >= 11 is 6.63. The number of rotatable bonds is 6. The normalized spacial score (nSPS) is 17.6. The number of hydrogen-bond donors (Lipinski definition) is 1. The van der Waals surface area contributed by atoms with Gasteiger partial charge in [-0.2, -0.15) is 5.26 Å². The predicted octanol–water partition coefficient (Wildman–Crippen LogP) is 6.07. The molecular weight excluding hydrogens is 406 g/mol. The van der Waals surface area contributed by atoms with E-state index in [1.807, 2.05) is 48.5 Å². The first kappa shape index (κ1) is 22.9. The average Bonchev–Trinajstić information content (AvgIpc) is 2.74. The number of anilines is 1. The molecule has 4 nitrogen and oxygen atoms in total. The lowest BCUT2D eigenvalue weighted by Gasteiger charge is -2.47. The Bertz CT molecular complexity index is 1020. The lowest BCUT2D eigenvalue weighted by Crippen LogP contribution is -2.48. The van der Waals surface area contributed by atoms with Crippen molar-refractivity contribution in [1.82, 2.24) is 5.32 Å². The third-order valence-corrected chi connectivity index (χ3v) is 6.24. The second-order valence-electron chi connectivity index (χ2n) is 8.84. The van der Waals surface area contributed by atoms with Gasteiger partial charge in [0.15, 0.2) is 0 Å². The zero-order chi connectivity index (χ0) is 22.6. The molecule has 3 rings (SSSR count). The SMILES string of the molecule is CCCN1c2cc(Cl)c(/C=C(\C#N)C(=O)NCc3ccccc3)cc2C(C)CC1(C)C. The second kappa shape index (κ2) is 9.58. The molecule has 1 heterocycles. The highest BCUT2D eigenvalue weighted by atomic mass is 35.5. The van der Waals surface area contributed by atoms with E-state index < -0.39 is 5.91 Å². The van der Waals surface area contributed by atoms with Crippen LogP contribution in [0, 0.1) is 11.3 Å². The van der Waals surface area contributed by atoms with E-state index in [2.05, 4.69) is 37.9 Å². The average molecular weight is 436 g/mol. The number of nitriles is 1. The minimum atomic E-state index is -0.401. The summed E-state index contributed by atoms with van der Waals surface area (Å²) in [7, 11) is 0. The van der Waals surface area contributed by atoms with Crippen LogP contribution in [0.2, 0.25) is 5.02 Å². The van der Waals surface area contributed by atoms with E-state index in [1.165, 1.54) is 5.56 Å². The van der Waals surface area contributed by atoms with Crippen molar-refractivity contribution in [3.8, 4) is 6.07 Å². The number of nitrogens with zero attached hydrogens (tertiary/aromatic N) is 2. The van der Waals surface area contributed by atoms with Gasteiger partial charge in [0.1, 0.15) is 11.6 Å². The number of benzene rings is 2. The van der Waals surface area contributed by atoms with Gasteiger partial charge >= 0.3 is 0 Å². The van der Waals surface area contributed by atoms with Gasteiger partial charge in [-0.3, -0.25) is 4.79 Å². The number of fused-ring (bicyclic) bond motifs is 1. The fourth-order valence-corrected chi connectivity index (χ4v) is 4.67. The first-order chi connectivity index (χ1) is 14.8. The Morgan fingerprint density at radius 3 is 2.68 bits per heavy atom. The van der Waals surface area contributed by atoms with Crippen LogP contribution in [0.4, 0.5) is 5.69 Å².